The predicted octanol–water partition coefficient (Wildman–Crippen LogP) is 4.67. The van der Waals surface area contributed by atoms with E-state index in [1.165, 1.54) is 24.3 Å². The van der Waals surface area contributed by atoms with Crippen molar-refractivity contribution in [1.29, 1.82) is 0 Å². The Bertz CT molecular complexity index is 812. The predicted molar refractivity (Wildman–Crippen MR) is 93.4 cm³/mol. The van der Waals surface area contributed by atoms with Gasteiger partial charge in [-0.05, 0) is 54.1 Å². The number of ketones is 1. The minimum Gasteiger partial charge on any atom is -0.489 e. The molecule has 126 valence electrons. The van der Waals surface area contributed by atoms with E-state index < -0.39 is 0 Å². The number of halogens is 1. The smallest absolute Gasteiger partial charge is 0.200 e. The van der Waals surface area contributed by atoms with Crippen LogP contribution in [0.4, 0.5) is 4.39 Å². The van der Waals surface area contributed by atoms with Crippen LogP contribution in [0.5, 0.6) is 11.5 Å². The van der Waals surface area contributed by atoms with Crippen LogP contribution in [-0.2, 0) is 6.61 Å². The van der Waals surface area contributed by atoms with Gasteiger partial charge >= 0.3 is 0 Å². The summed E-state index contributed by atoms with van der Waals surface area (Å²) in [5, 5.41) is 0. The van der Waals surface area contributed by atoms with Crippen molar-refractivity contribution in [2.75, 3.05) is 6.61 Å². The standard InChI is InChI=1S/C21H17FO3/c22-18-8-6-17(7-9-18)21(23)15-25-20-12-10-19(11-13-20)24-14-16-4-2-1-3-5-16/h1-13H,14-15H2. The van der Waals surface area contributed by atoms with Gasteiger partial charge in [-0.25, -0.2) is 4.39 Å². The van der Waals surface area contributed by atoms with Crippen molar-refractivity contribution in [3.8, 4) is 11.5 Å². The zero-order valence-electron chi connectivity index (χ0n) is 13.5. The Hall–Kier alpha value is -3.14. The molecule has 0 saturated carbocycles. The molecule has 0 heterocycles. The first kappa shape index (κ1) is 16.7. The van der Waals surface area contributed by atoms with Crippen molar-refractivity contribution < 1.29 is 18.7 Å². The first-order valence-corrected chi connectivity index (χ1v) is 7.89. The van der Waals surface area contributed by atoms with Crippen LogP contribution in [0.25, 0.3) is 0 Å². The first-order chi connectivity index (χ1) is 12.2. The lowest BCUT2D eigenvalue weighted by molar-refractivity contribution is 0.0921. The molecule has 0 saturated heterocycles. The van der Waals surface area contributed by atoms with Gasteiger partial charge in [0.2, 0.25) is 0 Å². The Labute approximate surface area is 145 Å². The second kappa shape index (κ2) is 8.11. The number of hydrogen-bond acceptors (Lipinski definition) is 3. The summed E-state index contributed by atoms with van der Waals surface area (Å²) in [6, 6.07) is 22.4. The molecule has 0 aliphatic carbocycles. The highest BCUT2D eigenvalue weighted by molar-refractivity contribution is 5.97. The summed E-state index contributed by atoms with van der Waals surface area (Å²) in [6.07, 6.45) is 0. The van der Waals surface area contributed by atoms with Gasteiger partial charge < -0.3 is 9.47 Å². The van der Waals surface area contributed by atoms with E-state index in [9.17, 15) is 9.18 Å². The molecule has 0 aromatic heterocycles. The van der Waals surface area contributed by atoms with E-state index in [2.05, 4.69) is 0 Å². The largest absolute Gasteiger partial charge is 0.489 e. The summed E-state index contributed by atoms with van der Waals surface area (Å²) in [4.78, 5) is 12.0. The van der Waals surface area contributed by atoms with Crippen LogP contribution in [0.15, 0.2) is 78.9 Å². The molecule has 0 N–H and O–H groups in total. The molecular weight excluding hydrogens is 319 g/mol. The summed E-state index contributed by atoms with van der Waals surface area (Å²) >= 11 is 0. The monoisotopic (exact) mass is 336 g/mol. The van der Waals surface area contributed by atoms with Crippen LogP contribution >= 0.6 is 0 Å². The molecule has 0 atom stereocenters. The molecule has 0 radical (unpaired) electrons. The van der Waals surface area contributed by atoms with E-state index in [1.807, 2.05) is 30.3 Å². The summed E-state index contributed by atoms with van der Waals surface area (Å²) in [5.41, 5.74) is 1.51. The van der Waals surface area contributed by atoms with Gasteiger partial charge in [0.25, 0.3) is 0 Å². The molecule has 0 amide bonds. The van der Waals surface area contributed by atoms with Gasteiger partial charge in [-0.1, -0.05) is 30.3 Å². The number of Topliss-reactive ketones (excluding diaryl/α,β-unsaturated/α-hetero) is 1. The maximum Gasteiger partial charge on any atom is 0.200 e. The molecule has 0 fully saturated rings. The van der Waals surface area contributed by atoms with Crippen molar-refractivity contribution in [3.05, 3.63) is 95.8 Å². The molecule has 25 heavy (non-hydrogen) atoms. The molecule has 0 aliphatic heterocycles. The lowest BCUT2D eigenvalue weighted by Crippen LogP contribution is -2.11. The van der Waals surface area contributed by atoms with Gasteiger partial charge in [0.05, 0.1) is 0 Å². The lowest BCUT2D eigenvalue weighted by atomic mass is 10.1. The minimum absolute atomic E-state index is 0.101. The van der Waals surface area contributed by atoms with Crippen LogP contribution in [0.2, 0.25) is 0 Å². The summed E-state index contributed by atoms with van der Waals surface area (Å²) in [7, 11) is 0. The van der Waals surface area contributed by atoms with Crippen LogP contribution in [0.3, 0.4) is 0 Å². The van der Waals surface area contributed by atoms with Gasteiger partial charge in [-0.3, -0.25) is 4.79 Å². The van der Waals surface area contributed by atoms with Crippen LogP contribution < -0.4 is 9.47 Å². The fourth-order valence-electron chi connectivity index (χ4n) is 2.24. The highest BCUT2D eigenvalue weighted by Crippen LogP contribution is 2.19. The van der Waals surface area contributed by atoms with Crippen LogP contribution in [0.1, 0.15) is 15.9 Å². The lowest BCUT2D eigenvalue weighted by Gasteiger charge is -2.08. The third-order valence-electron chi connectivity index (χ3n) is 3.61. The molecule has 4 heteroatoms. The van der Waals surface area contributed by atoms with Gasteiger partial charge in [0.1, 0.15) is 23.9 Å². The maximum absolute atomic E-state index is 12.9. The molecular formula is C21H17FO3. The first-order valence-electron chi connectivity index (χ1n) is 7.89. The topological polar surface area (TPSA) is 35.5 Å². The average molecular weight is 336 g/mol. The molecule has 0 bridgehead atoms. The molecule has 0 spiro atoms. The molecule has 3 aromatic carbocycles. The Balaban J connectivity index is 1.50. The van der Waals surface area contributed by atoms with Crippen LogP contribution in [0, 0.1) is 5.82 Å². The zero-order chi connectivity index (χ0) is 17.5. The number of benzene rings is 3. The van der Waals surface area contributed by atoms with Crippen LogP contribution in [-0.4, -0.2) is 12.4 Å². The summed E-state index contributed by atoms with van der Waals surface area (Å²) < 4.78 is 24.0. The van der Waals surface area contributed by atoms with Crippen molar-refractivity contribution in [2.45, 2.75) is 6.61 Å². The van der Waals surface area contributed by atoms with Gasteiger partial charge in [-0.15, -0.1) is 0 Å². The third-order valence-corrected chi connectivity index (χ3v) is 3.61. The highest BCUT2D eigenvalue weighted by atomic mass is 19.1. The number of ether oxygens (including phenoxy) is 2. The number of hydrogen-bond donors (Lipinski definition) is 0. The van der Waals surface area contributed by atoms with Gasteiger partial charge in [0.15, 0.2) is 12.4 Å². The average Bonchev–Trinajstić information content (AvgIpc) is 2.67. The fourth-order valence-corrected chi connectivity index (χ4v) is 2.24. The van der Waals surface area contributed by atoms with E-state index in [-0.39, 0.29) is 18.2 Å². The van der Waals surface area contributed by atoms with Gasteiger partial charge in [0, 0.05) is 5.56 Å². The van der Waals surface area contributed by atoms with E-state index in [0.29, 0.717) is 17.9 Å². The van der Waals surface area contributed by atoms with Crippen molar-refractivity contribution >= 4 is 5.78 Å². The van der Waals surface area contributed by atoms with E-state index in [0.717, 1.165) is 11.3 Å². The molecule has 3 rings (SSSR count). The zero-order valence-corrected chi connectivity index (χ0v) is 13.5. The molecule has 0 aliphatic rings. The molecule has 0 unspecified atom stereocenters. The quantitative estimate of drug-likeness (QED) is 0.588. The van der Waals surface area contributed by atoms with E-state index in [1.54, 1.807) is 24.3 Å². The van der Waals surface area contributed by atoms with E-state index in [4.69, 9.17) is 9.47 Å². The number of carbonyl (C=O) groups excluding carboxylic acids is 1. The molecule has 3 aromatic rings. The number of rotatable bonds is 7. The highest BCUT2D eigenvalue weighted by Gasteiger charge is 2.07. The van der Waals surface area contributed by atoms with Crippen molar-refractivity contribution in [3.63, 3.8) is 0 Å². The Morgan fingerprint density at radius 2 is 1.36 bits per heavy atom. The third kappa shape index (κ3) is 4.91. The summed E-state index contributed by atoms with van der Waals surface area (Å²) in [6.45, 7) is 0.389. The second-order valence-electron chi connectivity index (χ2n) is 5.46. The number of carbonyl (C=O) groups is 1. The maximum atomic E-state index is 12.9. The second-order valence-corrected chi connectivity index (χ2v) is 5.46. The SMILES string of the molecule is O=C(COc1ccc(OCc2ccccc2)cc1)c1ccc(F)cc1. The van der Waals surface area contributed by atoms with Crippen molar-refractivity contribution in [1.82, 2.24) is 0 Å². The normalized spacial score (nSPS) is 10.3. The Kier molecular flexibility index (Phi) is 5.42. The van der Waals surface area contributed by atoms with E-state index >= 15 is 0 Å². The Morgan fingerprint density at radius 1 is 0.760 bits per heavy atom. The minimum atomic E-state index is -0.372. The van der Waals surface area contributed by atoms with Gasteiger partial charge in [-0.2, -0.15) is 0 Å². The molecule has 3 nitrogen and oxygen atoms in total. The Morgan fingerprint density at radius 3 is 2.00 bits per heavy atom. The fraction of sp³-hybridized carbons (Fsp3) is 0.0952. The van der Waals surface area contributed by atoms with Crippen molar-refractivity contribution in [2.24, 2.45) is 0 Å². The summed E-state index contributed by atoms with van der Waals surface area (Å²) in [5.74, 6) is 0.719.